The molecule has 0 atom stereocenters. The third-order valence-electron chi connectivity index (χ3n) is 3.42. The zero-order valence-electron chi connectivity index (χ0n) is 12.6. The van der Waals surface area contributed by atoms with Crippen molar-refractivity contribution in [2.24, 2.45) is 0 Å². The van der Waals surface area contributed by atoms with Crippen LogP contribution in [0, 0.1) is 0 Å². The summed E-state index contributed by atoms with van der Waals surface area (Å²) in [5, 5.41) is 9.48. The summed E-state index contributed by atoms with van der Waals surface area (Å²) in [4.78, 5) is 18.2. The zero-order valence-corrected chi connectivity index (χ0v) is 12.6. The molecule has 0 radical (unpaired) electrons. The Hall–Kier alpha value is -3.08. The maximum atomic E-state index is 12.4. The molecule has 23 heavy (non-hydrogen) atoms. The topological polar surface area (TPSA) is 66.6 Å². The molecule has 0 saturated carbocycles. The molecule has 0 fully saturated rings. The molecule has 0 aliphatic heterocycles. The van der Waals surface area contributed by atoms with Crippen LogP contribution < -0.4 is 0 Å². The predicted molar refractivity (Wildman–Crippen MR) is 85.8 cm³/mol. The van der Waals surface area contributed by atoms with Gasteiger partial charge in [0.1, 0.15) is 12.0 Å². The number of nitrogens with zero attached hydrogens (tertiary/aromatic N) is 2. The standard InChI is InChI=1S/C18H16N2O3/c1-20(11-13-6-5-9-15(21)10-13)18(22)16-12-23-17(19-16)14-7-3-2-4-8-14/h2-10,12,21H,11H2,1H3. The van der Waals surface area contributed by atoms with E-state index in [4.69, 9.17) is 4.42 Å². The van der Waals surface area contributed by atoms with Crippen LogP contribution in [0.1, 0.15) is 16.1 Å². The second-order valence-electron chi connectivity index (χ2n) is 5.24. The molecule has 1 N–H and O–H groups in total. The van der Waals surface area contributed by atoms with Gasteiger partial charge in [-0.05, 0) is 29.8 Å². The number of benzene rings is 2. The summed E-state index contributed by atoms with van der Waals surface area (Å²) in [7, 11) is 1.68. The van der Waals surface area contributed by atoms with Crippen LogP contribution in [0.15, 0.2) is 65.3 Å². The average Bonchev–Trinajstić information content (AvgIpc) is 3.05. The van der Waals surface area contributed by atoms with Gasteiger partial charge in [0.05, 0.1) is 0 Å². The first kappa shape index (κ1) is 14.8. The highest BCUT2D eigenvalue weighted by Crippen LogP contribution is 2.19. The van der Waals surface area contributed by atoms with Gasteiger partial charge in [-0.2, -0.15) is 0 Å². The quantitative estimate of drug-likeness (QED) is 0.803. The molecule has 5 nitrogen and oxygen atoms in total. The molecule has 116 valence electrons. The predicted octanol–water partition coefficient (Wildman–Crippen LogP) is 3.32. The van der Waals surface area contributed by atoms with Gasteiger partial charge >= 0.3 is 0 Å². The van der Waals surface area contributed by atoms with E-state index < -0.39 is 0 Å². The van der Waals surface area contributed by atoms with Gasteiger partial charge in [-0.15, -0.1) is 0 Å². The molecular weight excluding hydrogens is 292 g/mol. The third kappa shape index (κ3) is 3.40. The first-order valence-corrected chi connectivity index (χ1v) is 7.18. The van der Waals surface area contributed by atoms with Crippen LogP contribution in [0.4, 0.5) is 0 Å². The Bertz CT molecular complexity index is 812. The molecule has 0 bridgehead atoms. The Balaban J connectivity index is 1.74. The molecule has 5 heteroatoms. The van der Waals surface area contributed by atoms with Crippen molar-refractivity contribution in [1.82, 2.24) is 9.88 Å². The Morgan fingerprint density at radius 3 is 2.70 bits per heavy atom. The highest BCUT2D eigenvalue weighted by molar-refractivity contribution is 5.92. The van der Waals surface area contributed by atoms with Gasteiger partial charge in [0.15, 0.2) is 5.69 Å². The third-order valence-corrected chi connectivity index (χ3v) is 3.42. The molecule has 0 spiro atoms. The van der Waals surface area contributed by atoms with E-state index in [1.807, 2.05) is 36.4 Å². The second-order valence-corrected chi connectivity index (χ2v) is 5.24. The number of hydrogen-bond donors (Lipinski definition) is 1. The van der Waals surface area contributed by atoms with Crippen LogP contribution in [-0.4, -0.2) is 27.9 Å². The molecule has 1 aromatic heterocycles. The molecule has 0 saturated heterocycles. The van der Waals surface area contributed by atoms with Crippen molar-refractivity contribution in [3.8, 4) is 17.2 Å². The van der Waals surface area contributed by atoms with E-state index in [1.54, 1.807) is 25.2 Å². The Morgan fingerprint density at radius 1 is 1.17 bits per heavy atom. The zero-order chi connectivity index (χ0) is 16.2. The number of hydrogen-bond acceptors (Lipinski definition) is 4. The summed E-state index contributed by atoms with van der Waals surface area (Å²) in [5.74, 6) is 0.357. The summed E-state index contributed by atoms with van der Waals surface area (Å²) in [6.07, 6.45) is 1.36. The molecule has 0 aliphatic rings. The van der Waals surface area contributed by atoms with E-state index in [-0.39, 0.29) is 17.4 Å². The summed E-state index contributed by atoms with van der Waals surface area (Å²) >= 11 is 0. The van der Waals surface area contributed by atoms with Gasteiger partial charge in [-0.25, -0.2) is 4.98 Å². The minimum absolute atomic E-state index is 0.177. The lowest BCUT2D eigenvalue weighted by molar-refractivity contribution is 0.0779. The molecule has 2 aromatic carbocycles. The van der Waals surface area contributed by atoms with E-state index in [0.29, 0.717) is 12.4 Å². The molecule has 0 aliphatic carbocycles. The SMILES string of the molecule is CN(Cc1cccc(O)c1)C(=O)c1coc(-c2ccccc2)n1. The lowest BCUT2D eigenvalue weighted by Gasteiger charge is -2.15. The maximum Gasteiger partial charge on any atom is 0.275 e. The van der Waals surface area contributed by atoms with Gasteiger partial charge < -0.3 is 14.4 Å². The smallest absolute Gasteiger partial charge is 0.275 e. The van der Waals surface area contributed by atoms with Gasteiger partial charge in [0.2, 0.25) is 5.89 Å². The lowest BCUT2D eigenvalue weighted by atomic mass is 10.2. The minimum atomic E-state index is -0.237. The number of phenolic OH excluding ortho intramolecular Hbond substituents is 1. The van der Waals surface area contributed by atoms with Crippen LogP contribution in [0.2, 0.25) is 0 Å². The number of amides is 1. The average molecular weight is 308 g/mol. The molecule has 1 amide bonds. The first-order chi connectivity index (χ1) is 11.1. The number of rotatable bonds is 4. The monoisotopic (exact) mass is 308 g/mol. The van der Waals surface area contributed by atoms with Crippen molar-refractivity contribution in [2.75, 3.05) is 7.05 Å². The van der Waals surface area contributed by atoms with Crippen molar-refractivity contribution >= 4 is 5.91 Å². The number of aromatic hydroxyl groups is 1. The maximum absolute atomic E-state index is 12.4. The highest BCUT2D eigenvalue weighted by atomic mass is 16.3. The van der Waals surface area contributed by atoms with E-state index in [2.05, 4.69) is 4.98 Å². The number of carbonyl (C=O) groups is 1. The van der Waals surface area contributed by atoms with Crippen LogP contribution in [-0.2, 0) is 6.54 Å². The van der Waals surface area contributed by atoms with Gasteiger partial charge in [-0.3, -0.25) is 4.79 Å². The molecule has 1 heterocycles. The van der Waals surface area contributed by atoms with E-state index >= 15 is 0 Å². The Labute approximate surface area is 133 Å². The largest absolute Gasteiger partial charge is 0.508 e. The molecular formula is C18H16N2O3. The number of oxazole rings is 1. The van der Waals surface area contributed by atoms with E-state index in [1.165, 1.54) is 11.2 Å². The summed E-state index contributed by atoms with van der Waals surface area (Å²) < 4.78 is 5.39. The van der Waals surface area contributed by atoms with Gasteiger partial charge in [0, 0.05) is 19.2 Å². The molecule has 0 unspecified atom stereocenters. The lowest BCUT2D eigenvalue weighted by Crippen LogP contribution is -2.26. The summed E-state index contributed by atoms with van der Waals surface area (Å²) in [6.45, 7) is 0.376. The normalized spacial score (nSPS) is 10.5. The van der Waals surface area contributed by atoms with Crippen molar-refractivity contribution in [3.05, 3.63) is 72.1 Å². The van der Waals surface area contributed by atoms with Crippen LogP contribution >= 0.6 is 0 Å². The first-order valence-electron chi connectivity index (χ1n) is 7.18. The van der Waals surface area contributed by atoms with E-state index in [0.717, 1.165) is 11.1 Å². The molecule has 3 aromatic rings. The fraction of sp³-hybridized carbons (Fsp3) is 0.111. The highest BCUT2D eigenvalue weighted by Gasteiger charge is 2.17. The number of aromatic nitrogens is 1. The fourth-order valence-corrected chi connectivity index (χ4v) is 2.28. The summed E-state index contributed by atoms with van der Waals surface area (Å²) in [5.41, 5.74) is 1.92. The number of carbonyl (C=O) groups excluding carboxylic acids is 1. The van der Waals surface area contributed by atoms with Crippen molar-refractivity contribution < 1.29 is 14.3 Å². The van der Waals surface area contributed by atoms with Gasteiger partial charge in [-0.1, -0.05) is 30.3 Å². The van der Waals surface area contributed by atoms with E-state index in [9.17, 15) is 9.90 Å². The van der Waals surface area contributed by atoms with Crippen molar-refractivity contribution in [3.63, 3.8) is 0 Å². The van der Waals surface area contributed by atoms with Gasteiger partial charge in [0.25, 0.3) is 5.91 Å². The van der Waals surface area contributed by atoms with Crippen molar-refractivity contribution in [1.29, 1.82) is 0 Å². The fourth-order valence-electron chi connectivity index (χ4n) is 2.28. The van der Waals surface area contributed by atoms with Crippen LogP contribution in [0.3, 0.4) is 0 Å². The Kier molecular flexibility index (Phi) is 4.10. The van der Waals surface area contributed by atoms with Crippen LogP contribution in [0.25, 0.3) is 11.5 Å². The second kappa shape index (κ2) is 6.36. The summed E-state index contributed by atoms with van der Waals surface area (Å²) in [6, 6.07) is 16.2. The van der Waals surface area contributed by atoms with Crippen molar-refractivity contribution in [2.45, 2.75) is 6.54 Å². The minimum Gasteiger partial charge on any atom is -0.508 e. The number of phenols is 1. The Morgan fingerprint density at radius 2 is 1.96 bits per heavy atom. The molecule has 3 rings (SSSR count). The van der Waals surface area contributed by atoms with Crippen LogP contribution in [0.5, 0.6) is 5.75 Å².